The first-order chi connectivity index (χ1) is 9.70. The van der Waals surface area contributed by atoms with Gasteiger partial charge in [0.05, 0.1) is 7.11 Å². The Morgan fingerprint density at radius 1 is 1.40 bits per heavy atom. The van der Waals surface area contributed by atoms with E-state index in [1.807, 2.05) is 0 Å². The molecular formula is C13H20N4O2S. The molecule has 7 heteroatoms. The fourth-order valence-corrected chi connectivity index (χ4v) is 3.98. The molecule has 1 unspecified atom stereocenters. The van der Waals surface area contributed by atoms with Gasteiger partial charge in [0.2, 0.25) is 0 Å². The van der Waals surface area contributed by atoms with Crippen molar-refractivity contribution in [3.8, 4) is 0 Å². The predicted molar refractivity (Wildman–Crippen MR) is 79.3 cm³/mol. The number of hydrogen-bond donors (Lipinski definition) is 1. The third-order valence-corrected chi connectivity index (χ3v) is 5.14. The third kappa shape index (κ3) is 2.35. The van der Waals surface area contributed by atoms with Crippen molar-refractivity contribution in [1.82, 2.24) is 9.27 Å². The third-order valence-electron chi connectivity index (χ3n) is 4.21. The Balaban J connectivity index is 1.81. The molecule has 2 aliphatic rings. The van der Waals surface area contributed by atoms with Crippen LogP contribution in [0.15, 0.2) is 0 Å². The Hall–Kier alpha value is -1.34. The van der Waals surface area contributed by atoms with Crippen LogP contribution in [0.25, 0.3) is 0 Å². The smallest absolute Gasteiger partial charge is 0.344 e. The summed E-state index contributed by atoms with van der Waals surface area (Å²) in [5, 5.41) is 0.861. The van der Waals surface area contributed by atoms with E-state index in [0.717, 1.165) is 24.6 Å². The summed E-state index contributed by atoms with van der Waals surface area (Å²) in [6.45, 7) is 4.12. The van der Waals surface area contributed by atoms with Gasteiger partial charge in [-0.25, -0.2) is 4.79 Å². The van der Waals surface area contributed by atoms with Crippen LogP contribution in [0.1, 0.15) is 29.6 Å². The summed E-state index contributed by atoms with van der Waals surface area (Å²) in [5.41, 5.74) is 6.25. The van der Waals surface area contributed by atoms with Crippen LogP contribution in [-0.2, 0) is 4.74 Å². The van der Waals surface area contributed by atoms with Crippen LogP contribution in [0.3, 0.4) is 0 Å². The summed E-state index contributed by atoms with van der Waals surface area (Å²) in [6.07, 6.45) is 3.83. The standard InChI is InChI=1S/C13H20N4O2S/c1-19-13(18)10-11(14)15-20-12(10)17-7-6-16-5-3-2-4-9(16)8-17/h9H,2-8H2,1H3,(H2,14,15). The fraction of sp³-hybridized carbons (Fsp3) is 0.692. The van der Waals surface area contributed by atoms with E-state index in [-0.39, 0.29) is 5.82 Å². The van der Waals surface area contributed by atoms with Gasteiger partial charge in [0.1, 0.15) is 10.6 Å². The number of fused-ring (bicyclic) bond motifs is 1. The molecular weight excluding hydrogens is 276 g/mol. The molecule has 2 aliphatic heterocycles. The number of hydrogen-bond acceptors (Lipinski definition) is 7. The maximum Gasteiger partial charge on any atom is 0.344 e. The number of piperidine rings is 1. The van der Waals surface area contributed by atoms with Crippen molar-refractivity contribution in [2.24, 2.45) is 0 Å². The molecule has 1 atom stereocenters. The van der Waals surface area contributed by atoms with Crippen LogP contribution in [0.4, 0.5) is 10.8 Å². The molecule has 1 aromatic rings. The highest BCUT2D eigenvalue weighted by Crippen LogP contribution is 2.33. The average Bonchev–Trinajstić information content (AvgIpc) is 2.87. The summed E-state index contributed by atoms with van der Waals surface area (Å²) in [5.74, 6) is -0.111. The number of nitrogens with zero attached hydrogens (tertiary/aromatic N) is 3. The second-order valence-corrected chi connectivity index (χ2v) is 6.12. The first kappa shape index (κ1) is 13.6. The Kier molecular flexibility index (Phi) is 3.80. The maximum atomic E-state index is 11.9. The Bertz CT molecular complexity index is 505. The van der Waals surface area contributed by atoms with Crippen LogP contribution < -0.4 is 10.6 Å². The number of aromatic nitrogens is 1. The van der Waals surface area contributed by atoms with E-state index in [9.17, 15) is 4.79 Å². The molecule has 20 heavy (non-hydrogen) atoms. The fourth-order valence-electron chi connectivity index (χ4n) is 3.14. The van der Waals surface area contributed by atoms with Crippen molar-refractivity contribution in [2.75, 3.05) is 43.9 Å². The lowest BCUT2D eigenvalue weighted by molar-refractivity contribution is 0.0602. The normalized spacial score (nSPS) is 23.4. The van der Waals surface area contributed by atoms with Crippen LogP contribution in [0.2, 0.25) is 0 Å². The maximum absolute atomic E-state index is 11.9. The number of rotatable bonds is 2. The largest absolute Gasteiger partial charge is 0.465 e. The monoisotopic (exact) mass is 296 g/mol. The molecule has 0 bridgehead atoms. The minimum absolute atomic E-state index is 0.280. The highest BCUT2D eigenvalue weighted by Gasteiger charge is 2.32. The number of piperazine rings is 1. The van der Waals surface area contributed by atoms with Gasteiger partial charge in [-0.15, -0.1) is 0 Å². The van der Waals surface area contributed by atoms with Gasteiger partial charge in [-0.05, 0) is 30.9 Å². The zero-order chi connectivity index (χ0) is 14.1. The molecule has 110 valence electrons. The zero-order valence-corrected chi connectivity index (χ0v) is 12.5. The lowest BCUT2D eigenvalue weighted by Gasteiger charge is -2.44. The van der Waals surface area contributed by atoms with Gasteiger partial charge >= 0.3 is 5.97 Å². The van der Waals surface area contributed by atoms with Gasteiger partial charge in [0, 0.05) is 25.7 Å². The second kappa shape index (κ2) is 5.57. The lowest BCUT2D eigenvalue weighted by Crippen LogP contribution is -2.55. The number of methoxy groups -OCH3 is 1. The van der Waals surface area contributed by atoms with Crippen molar-refractivity contribution >= 4 is 28.3 Å². The van der Waals surface area contributed by atoms with E-state index in [1.54, 1.807) is 0 Å². The highest BCUT2D eigenvalue weighted by molar-refractivity contribution is 7.11. The van der Waals surface area contributed by atoms with Crippen molar-refractivity contribution < 1.29 is 9.53 Å². The molecule has 1 aromatic heterocycles. The van der Waals surface area contributed by atoms with Crippen LogP contribution in [0.5, 0.6) is 0 Å². The van der Waals surface area contributed by atoms with E-state index in [1.165, 1.54) is 44.4 Å². The summed E-state index contributed by atoms with van der Waals surface area (Å²) in [4.78, 5) is 16.7. The van der Waals surface area contributed by atoms with Gasteiger partial charge in [0.25, 0.3) is 0 Å². The Labute approximate surface area is 122 Å². The molecule has 3 rings (SSSR count). The summed E-state index contributed by atoms with van der Waals surface area (Å²) in [6, 6.07) is 0.589. The summed E-state index contributed by atoms with van der Waals surface area (Å²) >= 11 is 1.30. The Morgan fingerprint density at radius 3 is 3.05 bits per heavy atom. The average molecular weight is 296 g/mol. The quantitative estimate of drug-likeness (QED) is 0.827. The first-order valence-electron chi connectivity index (χ1n) is 7.03. The van der Waals surface area contributed by atoms with Gasteiger partial charge in [0.15, 0.2) is 5.82 Å². The van der Waals surface area contributed by atoms with Crippen LogP contribution in [0, 0.1) is 0 Å². The van der Waals surface area contributed by atoms with Gasteiger partial charge in [-0.1, -0.05) is 6.42 Å². The number of carbonyl (C=O) groups is 1. The summed E-state index contributed by atoms with van der Waals surface area (Å²) in [7, 11) is 1.38. The van der Waals surface area contributed by atoms with E-state index in [2.05, 4.69) is 14.2 Å². The van der Waals surface area contributed by atoms with E-state index < -0.39 is 5.97 Å². The minimum atomic E-state index is -0.391. The van der Waals surface area contributed by atoms with E-state index >= 15 is 0 Å². The number of nitrogens with two attached hydrogens (primary N) is 1. The zero-order valence-electron chi connectivity index (χ0n) is 11.7. The number of ether oxygens (including phenoxy) is 1. The molecule has 0 amide bonds. The van der Waals surface area contributed by atoms with Gasteiger partial charge in [-0.2, -0.15) is 4.37 Å². The minimum Gasteiger partial charge on any atom is -0.465 e. The highest BCUT2D eigenvalue weighted by atomic mass is 32.1. The molecule has 0 saturated carbocycles. The van der Waals surface area contributed by atoms with Crippen molar-refractivity contribution in [3.05, 3.63) is 5.56 Å². The molecule has 0 aliphatic carbocycles. The topological polar surface area (TPSA) is 71.7 Å². The van der Waals surface area contributed by atoms with Gasteiger partial charge in [-0.3, -0.25) is 4.90 Å². The Morgan fingerprint density at radius 2 is 2.25 bits per heavy atom. The molecule has 2 saturated heterocycles. The van der Waals surface area contributed by atoms with Crippen molar-refractivity contribution in [3.63, 3.8) is 0 Å². The molecule has 0 radical (unpaired) electrons. The molecule has 6 nitrogen and oxygen atoms in total. The molecule has 3 heterocycles. The van der Waals surface area contributed by atoms with Crippen LogP contribution in [-0.4, -0.2) is 54.6 Å². The van der Waals surface area contributed by atoms with Crippen molar-refractivity contribution in [1.29, 1.82) is 0 Å². The summed E-state index contributed by atoms with van der Waals surface area (Å²) < 4.78 is 8.95. The number of anilines is 2. The van der Waals surface area contributed by atoms with Crippen LogP contribution >= 0.6 is 11.5 Å². The van der Waals surface area contributed by atoms with E-state index in [0.29, 0.717) is 11.6 Å². The SMILES string of the molecule is COC(=O)c1c(N)nsc1N1CCN2CCCCC2C1. The number of esters is 1. The van der Waals surface area contributed by atoms with Gasteiger partial charge < -0.3 is 15.4 Å². The molecule has 0 aromatic carbocycles. The van der Waals surface area contributed by atoms with E-state index in [4.69, 9.17) is 10.5 Å². The second-order valence-electron chi connectivity index (χ2n) is 5.37. The lowest BCUT2D eigenvalue weighted by atomic mass is 9.99. The molecule has 2 N–H and O–H groups in total. The molecule has 0 spiro atoms. The number of carbonyl (C=O) groups excluding carboxylic acids is 1. The predicted octanol–water partition coefficient (Wildman–Crippen LogP) is 1.19. The first-order valence-corrected chi connectivity index (χ1v) is 7.80. The van der Waals surface area contributed by atoms with Crippen molar-refractivity contribution in [2.45, 2.75) is 25.3 Å². The number of nitrogen functional groups attached to an aromatic ring is 1. The molecule has 2 fully saturated rings.